The Morgan fingerprint density at radius 2 is 1.27 bits per heavy atom. The van der Waals surface area contributed by atoms with Crippen LogP contribution < -0.4 is 0 Å². The van der Waals surface area contributed by atoms with E-state index < -0.39 is 21.3 Å². The molecular weight excluding hydrogens is 526 g/mol. The van der Waals surface area contributed by atoms with Crippen LogP contribution in [0.5, 0.6) is 0 Å². The van der Waals surface area contributed by atoms with Gasteiger partial charge in [-0.3, -0.25) is 0 Å². The van der Waals surface area contributed by atoms with E-state index in [1.54, 1.807) is 0 Å². The second-order valence-electron chi connectivity index (χ2n) is 4.89. The van der Waals surface area contributed by atoms with Crippen molar-refractivity contribution in [1.82, 2.24) is 4.31 Å². The van der Waals surface area contributed by atoms with E-state index in [0.717, 1.165) is 19.3 Å². The normalized spacial score (nSPS) is 18.3. The second kappa shape index (κ2) is 6.79. The molecule has 0 amide bonds. The van der Waals surface area contributed by atoms with Gasteiger partial charge in [0.1, 0.15) is 0 Å². The number of hydrogen-bond acceptors (Lipinski definition) is 4. The molecule has 1 aliphatic heterocycles. The van der Waals surface area contributed by atoms with E-state index in [-0.39, 0.29) is 9.79 Å². The van der Waals surface area contributed by atoms with E-state index >= 15 is 0 Å². The van der Waals surface area contributed by atoms with Gasteiger partial charge in [-0.25, -0.2) is 16.8 Å². The van der Waals surface area contributed by atoms with Gasteiger partial charge in [0.15, 0.2) is 0 Å². The summed E-state index contributed by atoms with van der Waals surface area (Å²) in [6.07, 6.45) is 2.74. The molecule has 1 aromatic rings. The van der Waals surface area contributed by atoms with Gasteiger partial charge < -0.3 is 0 Å². The summed E-state index contributed by atoms with van der Waals surface area (Å²) in [4.78, 5) is 0.119. The summed E-state index contributed by atoms with van der Waals surface area (Å²) < 4.78 is 49.4. The molecule has 0 radical (unpaired) electrons. The van der Waals surface area contributed by atoms with E-state index in [2.05, 4.69) is 47.8 Å². The highest BCUT2D eigenvalue weighted by Crippen LogP contribution is 2.43. The average Bonchev–Trinajstić information content (AvgIpc) is 2.47. The molecule has 1 aliphatic rings. The van der Waals surface area contributed by atoms with E-state index in [1.165, 1.54) is 28.6 Å². The van der Waals surface area contributed by atoms with Crippen molar-refractivity contribution in [2.24, 2.45) is 0 Å². The van der Waals surface area contributed by atoms with Crippen molar-refractivity contribution < 1.29 is 16.8 Å². The Balaban J connectivity index is 2.33. The number of piperidine rings is 1. The van der Waals surface area contributed by atoms with Gasteiger partial charge in [-0.2, -0.15) is 4.31 Å². The Morgan fingerprint density at radius 3 is 1.73 bits per heavy atom. The van der Waals surface area contributed by atoms with Gasteiger partial charge in [-0.15, -0.1) is 0 Å². The van der Waals surface area contributed by atoms with Crippen molar-refractivity contribution in [2.75, 3.05) is 13.1 Å². The Kier molecular flexibility index (Phi) is 5.82. The van der Waals surface area contributed by atoms with Crippen molar-refractivity contribution in [3.8, 4) is 0 Å². The van der Waals surface area contributed by atoms with E-state index in [9.17, 15) is 16.8 Å². The summed E-state index contributed by atoms with van der Waals surface area (Å²) in [6, 6.07) is 5.25. The maximum Gasteiger partial charge on any atom is 0.243 e. The molecule has 1 saturated heterocycles. The van der Waals surface area contributed by atoms with Gasteiger partial charge >= 0.3 is 0 Å². The third-order valence-electron chi connectivity index (χ3n) is 3.39. The SMILES string of the molecule is O=S(=O)(c1ccc(S(=O)(=O)C(Br)(Br)Br)cc1)N1CCCCC1. The van der Waals surface area contributed by atoms with Gasteiger partial charge in [-0.1, -0.05) is 6.42 Å². The Bertz CT molecular complexity index is 734. The molecule has 2 rings (SSSR count). The summed E-state index contributed by atoms with van der Waals surface area (Å²) in [5.41, 5.74) is 0. The number of nitrogens with zero attached hydrogens (tertiary/aromatic N) is 1. The van der Waals surface area contributed by atoms with Crippen molar-refractivity contribution in [3.05, 3.63) is 24.3 Å². The van der Waals surface area contributed by atoms with Gasteiger partial charge in [0.05, 0.1) is 9.79 Å². The maximum atomic E-state index is 12.5. The lowest BCUT2D eigenvalue weighted by molar-refractivity contribution is 0.346. The van der Waals surface area contributed by atoms with Crippen LogP contribution in [0.1, 0.15) is 19.3 Å². The first-order chi connectivity index (χ1) is 10.1. The highest BCUT2D eigenvalue weighted by molar-refractivity contribution is 9.42. The number of sulfonamides is 1. The van der Waals surface area contributed by atoms with Crippen LogP contribution in [0.4, 0.5) is 0 Å². The molecule has 0 atom stereocenters. The first kappa shape index (κ1) is 18.9. The molecule has 5 nitrogen and oxygen atoms in total. The van der Waals surface area contributed by atoms with Crippen LogP contribution in [-0.2, 0) is 19.9 Å². The van der Waals surface area contributed by atoms with Crippen LogP contribution in [0.3, 0.4) is 0 Å². The van der Waals surface area contributed by atoms with Crippen LogP contribution in [-0.4, -0.2) is 35.7 Å². The zero-order valence-electron chi connectivity index (χ0n) is 11.4. The largest absolute Gasteiger partial charge is 0.243 e. The third kappa shape index (κ3) is 3.77. The van der Waals surface area contributed by atoms with Crippen molar-refractivity contribution >= 4 is 67.7 Å². The van der Waals surface area contributed by atoms with Crippen LogP contribution in [0, 0.1) is 0 Å². The zero-order chi connectivity index (χ0) is 16.6. The number of alkyl halides is 3. The number of benzene rings is 1. The number of sulfone groups is 1. The molecule has 10 heteroatoms. The monoisotopic (exact) mass is 537 g/mol. The lowest BCUT2D eigenvalue weighted by Gasteiger charge is -2.26. The molecule has 0 unspecified atom stereocenters. The number of rotatable bonds is 3. The molecule has 1 heterocycles. The molecule has 1 aromatic carbocycles. The van der Waals surface area contributed by atoms with Crippen molar-refractivity contribution in [1.29, 1.82) is 0 Å². The molecule has 0 spiro atoms. The average molecular weight is 540 g/mol. The van der Waals surface area contributed by atoms with Crippen molar-refractivity contribution in [3.63, 3.8) is 0 Å². The standard InChI is InChI=1S/C12H14Br3NO4S2/c13-12(14,15)21(17,18)10-4-6-11(7-5-10)22(19,20)16-8-2-1-3-9-16/h4-7H,1-3,8-9H2. The molecular formula is C12H14Br3NO4S2. The molecule has 0 saturated carbocycles. The number of halogens is 3. The summed E-state index contributed by atoms with van der Waals surface area (Å²) in [5.74, 6) is 0. The summed E-state index contributed by atoms with van der Waals surface area (Å²) in [6.45, 7) is 1.02. The van der Waals surface area contributed by atoms with Gasteiger partial charge in [0.2, 0.25) is 21.3 Å². The predicted molar refractivity (Wildman–Crippen MR) is 95.7 cm³/mol. The minimum Gasteiger partial charge on any atom is -0.220 e. The molecule has 0 bridgehead atoms. The fourth-order valence-electron chi connectivity index (χ4n) is 2.18. The van der Waals surface area contributed by atoms with Crippen LogP contribution in [0.2, 0.25) is 0 Å². The maximum absolute atomic E-state index is 12.5. The predicted octanol–water partition coefficient (Wildman–Crippen LogP) is 3.43. The molecule has 0 aliphatic carbocycles. The Morgan fingerprint density at radius 1 is 0.818 bits per heavy atom. The third-order valence-corrected chi connectivity index (χ3v) is 10.6. The van der Waals surface area contributed by atoms with Gasteiger partial charge in [0, 0.05) is 13.1 Å². The second-order valence-corrected chi connectivity index (χ2v) is 17.2. The highest BCUT2D eigenvalue weighted by atomic mass is 80.0. The topological polar surface area (TPSA) is 71.5 Å². The first-order valence-electron chi connectivity index (χ1n) is 6.48. The molecule has 0 aromatic heterocycles. The highest BCUT2D eigenvalue weighted by Gasteiger charge is 2.37. The lowest BCUT2D eigenvalue weighted by atomic mass is 10.2. The van der Waals surface area contributed by atoms with Gasteiger partial charge in [0.25, 0.3) is 0 Å². The number of hydrogen-bond donors (Lipinski definition) is 0. The quantitative estimate of drug-likeness (QED) is 0.552. The van der Waals surface area contributed by atoms with Crippen LogP contribution >= 0.6 is 47.8 Å². The van der Waals surface area contributed by atoms with E-state index in [1.807, 2.05) is 0 Å². The first-order valence-corrected chi connectivity index (χ1v) is 11.8. The summed E-state index contributed by atoms with van der Waals surface area (Å²) >= 11 is 8.93. The van der Waals surface area contributed by atoms with E-state index in [4.69, 9.17) is 0 Å². The van der Waals surface area contributed by atoms with Crippen molar-refractivity contribution in [2.45, 2.75) is 30.5 Å². The Hall–Kier alpha value is 0.520. The molecule has 124 valence electrons. The minimum absolute atomic E-state index is 0.00993. The summed E-state index contributed by atoms with van der Waals surface area (Å²) in [7, 11) is -7.28. The fourth-order valence-corrected chi connectivity index (χ4v) is 6.14. The zero-order valence-corrected chi connectivity index (χ0v) is 17.8. The van der Waals surface area contributed by atoms with Crippen LogP contribution in [0.15, 0.2) is 34.1 Å². The van der Waals surface area contributed by atoms with Crippen LogP contribution in [0.25, 0.3) is 0 Å². The molecule has 22 heavy (non-hydrogen) atoms. The fraction of sp³-hybridized carbons (Fsp3) is 0.500. The lowest BCUT2D eigenvalue weighted by Crippen LogP contribution is -2.35. The van der Waals surface area contributed by atoms with Gasteiger partial charge in [-0.05, 0) is 84.9 Å². The summed E-state index contributed by atoms with van der Waals surface area (Å²) in [5, 5.41) is 0. The van der Waals surface area contributed by atoms with E-state index in [0.29, 0.717) is 13.1 Å². The molecule has 0 N–H and O–H groups in total. The minimum atomic E-state index is -3.72. The smallest absolute Gasteiger partial charge is 0.220 e. The molecule has 1 fully saturated rings. The Labute approximate surface area is 155 Å².